The lowest BCUT2D eigenvalue weighted by Crippen LogP contribution is -2.34. The molecule has 0 fully saturated rings. The van der Waals surface area contributed by atoms with Crippen LogP contribution in [-0.2, 0) is 16.6 Å². The Bertz CT molecular complexity index is 1130. The van der Waals surface area contributed by atoms with Crippen molar-refractivity contribution in [3.63, 3.8) is 0 Å². The third-order valence-corrected chi connectivity index (χ3v) is 6.51. The Morgan fingerprint density at radius 2 is 1.81 bits per heavy atom. The molecule has 0 saturated heterocycles. The monoisotopic (exact) mass is 465 g/mol. The molecule has 1 heterocycles. The summed E-state index contributed by atoms with van der Waals surface area (Å²) in [5.74, 6) is 1.51. The number of hydrogen-bond donors (Lipinski definition) is 0. The molecule has 2 aromatic carbocycles. The van der Waals surface area contributed by atoms with Gasteiger partial charge in [0.05, 0.1) is 20.8 Å². The van der Waals surface area contributed by atoms with Crippen molar-refractivity contribution in [3.8, 4) is 22.9 Å². The first-order valence-corrected chi connectivity index (χ1v) is 11.4. The maximum atomic E-state index is 13.4. The number of methoxy groups -OCH3 is 2. The second-order valence-corrected chi connectivity index (χ2v) is 9.57. The van der Waals surface area contributed by atoms with Gasteiger partial charge in [0, 0.05) is 17.1 Å². The zero-order valence-corrected chi connectivity index (χ0v) is 19.3. The number of hydrogen-bond acceptors (Lipinski definition) is 7. The van der Waals surface area contributed by atoms with Crippen molar-refractivity contribution in [1.82, 2.24) is 14.4 Å². The molecular formula is C21H24ClN3O5S. The van der Waals surface area contributed by atoms with Crippen molar-refractivity contribution in [3.05, 3.63) is 53.4 Å². The number of aromatic nitrogens is 2. The van der Waals surface area contributed by atoms with Gasteiger partial charge in [-0.2, -0.15) is 9.29 Å². The normalized spacial score (nSPS) is 11.8. The summed E-state index contributed by atoms with van der Waals surface area (Å²) >= 11 is 6.05. The van der Waals surface area contributed by atoms with Gasteiger partial charge < -0.3 is 14.0 Å². The average Bonchev–Trinajstić information content (AvgIpc) is 3.21. The van der Waals surface area contributed by atoms with Crippen molar-refractivity contribution in [2.75, 3.05) is 20.8 Å². The Hall–Kier alpha value is -2.62. The maximum absolute atomic E-state index is 13.4. The summed E-state index contributed by atoms with van der Waals surface area (Å²) in [6, 6.07) is 11.6. The zero-order chi connectivity index (χ0) is 22.6. The van der Waals surface area contributed by atoms with E-state index in [2.05, 4.69) is 10.1 Å². The molecule has 0 atom stereocenters. The van der Waals surface area contributed by atoms with Crippen LogP contribution in [0.25, 0.3) is 11.4 Å². The maximum Gasteiger partial charge on any atom is 0.247 e. The summed E-state index contributed by atoms with van der Waals surface area (Å²) in [7, 11) is -0.950. The second-order valence-electron chi connectivity index (χ2n) is 7.23. The number of nitrogens with zero attached hydrogens (tertiary/aromatic N) is 3. The van der Waals surface area contributed by atoms with Crippen LogP contribution in [0.4, 0.5) is 0 Å². The van der Waals surface area contributed by atoms with E-state index in [-0.39, 0.29) is 35.5 Å². The third kappa shape index (κ3) is 5.36. The van der Waals surface area contributed by atoms with Crippen LogP contribution in [-0.4, -0.2) is 43.6 Å². The molecule has 0 spiro atoms. The Kier molecular flexibility index (Phi) is 7.19. The van der Waals surface area contributed by atoms with E-state index < -0.39 is 10.0 Å². The van der Waals surface area contributed by atoms with Gasteiger partial charge in [0.1, 0.15) is 16.4 Å². The highest BCUT2D eigenvalue weighted by atomic mass is 35.5. The molecule has 3 aromatic rings. The smallest absolute Gasteiger partial charge is 0.247 e. The molecule has 166 valence electrons. The van der Waals surface area contributed by atoms with Crippen molar-refractivity contribution < 1.29 is 22.4 Å². The molecule has 3 rings (SSSR count). The highest BCUT2D eigenvalue weighted by molar-refractivity contribution is 7.89. The number of benzene rings is 2. The largest absolute Gasteiger partial charge is 0.497 e. The Morgan fingerprint density at radius 3 is 2.42 bits per heavy atom. The van der Waals surface area contributed by atoms with Gasteiger partial charge in [0.25, 0.3) is 0 Å². The van der Waals surface area contributed by atoms with Gasteiger partial charge in [-0.3, -0.25) is 0 Å². The van der Waals surface area contributed by atoms with Crippen LogP contribution in [0.1, 0.15) is 19.7 Å². The minimum Gasteiger partial charge on any atom is -0.497 e. The summed E-state index contributed by atoms with van der Waals surface area (Å²) in [5, 5.41) is 4.28. The van der Waals surface area contributed by atoms with Crippen LogP contribution in [0.15, 0.2) is 51.9 Å². The van der Waals surface area contributed by atoms with Crippen LogP contribution < -0.4 is 9.47 Å². The Morgan fingerprint density at radius 1 is 1.10 bits per heavy atom. The summed E-state index contributed by atoms with van der Waals surface area (Å²) < 4.78 is 43.9. The number of rotatable bonds is 9. The summed E-state index contributed by atoms with van der Waals surface area (Å²) in [6.07, 6.45) is 0. The van der Waals surface area contributed by atoms with Crippen molar-refractivity contribution in [1.29, 1.82) is 0 Å². The van der Waals surface area contributed by atoms with Crippen LogP contribution >= 0.6 is 11.6 Å². The van der Waals surface area contributed by atoms with Gasteiger partial charge in [-0.15, -0.1) is 0 Å². The first kappa shape index (κ1) is 23.1. The molecule has 0 unspecified atom stereocenters. The number of sulfonamides is 1. The second kappa shape index (κ2) is 9.67. The third-order valence-electron chi connectivity index (χ3n) is 4.44. The molecule has 0 N–H and O–H groups in total. The predicted octanol–water partition coefficient (Wildman–Crippen LogP) is 4.25. The van der Waals surface area contributed by atoms with E-state index in [1.165, 1.54) is 23.5 Å². The minimum absolute atomic E-state index is 0.0157. The van der Waals surface area contributed by atoms with Crippen LogP contribution in [0.2, 0.25) is 5.02 Å². The highest BCUT2D eigenvalue weighted by Gasteiger charge is 2.30. The van der Waals surface area contributed by atoms with E-state index >= 15 is 0 Å². The van der Waals surface area contributed by atoms with E-state index in [9.17, 15) is 8.42 Å². The van der Waals surface area contributed by atoms with Gasteiger partial charge >= 0.3 is 0 Å². The van der Waals surface area contributed by atoms with E-state index in [1.54, 1.807) is 37.4 Å². The topological polar surface area (TPSA) is 94.8 Å². The number of halogens is 1. The van der Waals surface area contributed by atoms with Crippen LogP contribution in [0.5, 0.6) is 11.5 Å². The van der Waals surface area contributed by atoms with E-state index in [0.29, 0.717) is 16.6 Å². The molecule has 0 aliphatic rings. The molecule has 0 amide bonds. The molecule has 0 aliphatic heterocycles. The van der Waals surface area contributed by atoms with E-state index in [0.717, 1.165) is 5.56 Å². The van der Waals surface area contributed by atoms with Gasteiger partial charge in [0.2, 0.25) is 21.7 Å². The molecule has 8 nitrogen and oxygen atoms in total. The van der Waals surface area contributed by atoms with Gasteiger partial charge in [-0.05, 0) is 48.4 Å². The molecule has 31 heavy (non-hydrogen) atoms. The lowest BCUT2D eigenvalue weighted by atomic mass is 10.2. The van der Waals surface area contributed by atoms with Gasteiger partial charge in [-0.1, -0.05) is 30.6 Å². The van der Waals surface area contributed by atoms with E-state index in [1.807, 2.05) is 13.8 Å². The minimum atomic E-state index is -3.94. The highest BCUT2D eigenvalue weighted by Crippen LogP contribution is 2.31. The quantitative estimate of drug-likeness (QED) is 0.466. The first-order chi connectivity index (χ1) is 14.7. The van der Waals surface area contributed by atoms with Crippen LogP contribution in [0.3, 0.4) is 0 Å². The van der Waals surface area contributed by atoms with Crippen molar-refractivity contribution in [2.45, 2.75) is 25.3 Å². The summed E-state index contributed by atoms with van der Waals surface area (Å²) in [4.78, 5) is 4.35. The van der Waals surface area contributed by atoms with Crippen LogP contribution in [0, 0.1) is 5.92 Å². The lowest BCUT2D eigenvalue weighted by molar-refractivity contribution is 0.297. The summed E-state index contributed by atoms with van der Waals surface area (Å²) in [6.45, 7) is 4.01. The van der Waals surface area contributed by atoms with Gasteiger partial charge in [-0.25, -0.2) is 8.42 Å². The lowest BCUT2D eigenvalue weighted by Gasteiger charge is -2.23. The standard InChI is InChI=1S/C21H24ClN3O5S/c1-14(2)12-25(31(26,27)19-11-16(22)7-10-18(19)29-4)13-20-23-21(24-30-20)15-5-8-17(28-3)9-6-15/h5-11,14H,12-13H2,1-4H3. The fourth-order valence-electron chi connectivity index (χ4n) is 2.97. The van der Waals surface area contributed by atoms with Gasteiger partial charge in [0.15, 0.2) is 0 Å². The molecule has 0 saturated carbocycles. The first-order valence-electron chi connectivity index (χ1n) is 9.55. The zero-order valence-electron chi connectivity index (χ0n) is 17.7. The Balaban J connectivity index is 1.92. The average molecular weight is 466 g/mol. The summed E-state index contributed by atoms with van der Waals surface area (Å²) in [5.41, 5.74) is 0.727. The SMILES string of the molecule is COc1ccc(-c2noc(CN(CC(C)C)S(=O)(=O)c3cc(Cl)ccc3OC)n2)cc1. The number of ether oxygens (including phenoxy) is 2. The molecule has 10 heteroatoms. The molecule has 0 aliphatic carbocycles. The fourth-order valence-corrected chi connectivity index (χ4v) is 4.94. The Labute approximate surface area is 186 Å². The molecule has 0 radical (unpaired) electrons. The van der Waals surface area contributed by atoms with Crippen molar-refractivity contribution in [2.24, 2.45) is 5.92 Å². The van der Waals surface area contributed by atoms with Crippen molar-refractivity contribution >= 4 is 21.6 Å². The molecular weight excluding hydrogens is 442 g/mol. The predicted molar refractivity (Wildman–Crippen MR) is 117 cm³/mol. The molecule has 0 bridgehead atoms. The molecule has 1 aromatic heterocycles. The van der Waals surface area contributed by atoms with E-state index in [4.69, 9.17) is 25.6 Å². The fraction of sp³-hybridized carbons (Fsp3) is 0.333.